The van der Waals surface area contributed by atoms with E-state index in [0.717, 1.165) is 11.3 Å². The van der Waals surface area contributed by atoms with Crippen molar-refractivity contribution >= 4 is 34.2 Å². The summed E-state index contributed by atoms with van der Waals surface area (Å²) >= 11 is 0. The van der Waals surface area contributed by atoms with Gasteiger partial charge in [-0.05, 0) is 42.3 Å². The van der Waals surface area contributed by atoms with Crippen LogP contribution >= 0.6 is 0 Å². The number of hydrogen-bond acceptors (Lipinski definition) is 5. The van der Waals surface area contributed by atoms with Crippen molar-refractivity contribution in [2.24, 2.45) is 0 Å². The van der Waals surface area contributed by atoms with E-state index in [4.69, 9.17) is 9.15 Å². The molecular formula is C20H16N2O5. The Balaban J connectivity index is 1.65. The SMILES string of the molecule is COc1cccc2cc(C(=O)Nc3ccc4c(c3)CCC(=O)N4)c(=O)oc12. The second-order valence-electron chi connectivity index (χ2n) is 6.20. The lowest BCUT2D eigenvalue weighted by atomic mass is 10.0. The van der Waals surface area contributed by atoms with Crippen LogP contribution in [0.4, 0.5) is 11.4 Å². The van der Waals surface area contributed by atoms with Crippen molar-refractivity contribution in [2.45, 2.75) is 12.8 Å². The number of carbonyl (C=O) groups excluding carboxylic acids is 2. The Morgan fingerprint density at radius 1 is 1.15 bits per heavy atom. The molecule has 1 aromatic heterocycles. The van der Waals surface area contributed by atoms with Crippen LogP contribution in [0.25, 0.3) is 11.0 Å². The summed E-state index contributed by atoms with van der Waals surface area (Å²) in [6.07, 6.45) is 1.00. The summed E-state index contributed by atoms with van der Waals surface area (Å²) in [5.74, 6) is -0.162. The smallest absolute Gasteiger partial charge is 0.349 e. The topological polar surface area (TPSA) is 97.6 Å². The molecule has 0 fully saturated rings. The maximum Gasteiger partial charge on any atom is 0.349 e. The first-order valence-electron chi connectivity index (χ1n) is 8.40. The van der Waals surface area contributed by atoms with Crippen molar-refractivity contribution in [2.75, 3.05) is 17.7 Å². The summed E-state index contributed by atoms with van der Waals surface area (Å²) in [5, 5.41) is 6.08. The van der Waals surface area contributed by atoms with Gasteiger partial charge in [0.25, 0.3) is 5.91 Å². The molecule has 0 radical (unpaired) electrons. The van der Waals surface area contributed by atoms with E-state index in [9.17, 15) is 14.4 Å². The number of benzene rings is 2. The van der Waals surface area contributed by atoms with Crippen LogP contribution in [0.5, 0.6) is 5.75 Å². The molecule has 7 heteroatoms. The van der Waals surface area contributed by atoms with Crippen molar-refractivity contribution in [1.82, 2.24) is 0 Å². The molecule has 1 aliphatic heterocycles. The first-order valence-corrected chi connectivity index (χ1v) is 8.40. The van der Waals surface area contributed by atoms with Gasteiger partial charge in [-0.15, -0.1) is 0 Å². The van der Waals surface area contributed by atoms with Crippen LogP contribution in [0.3, 0.4) is 0 Å². The van der Waals surface area contributed by atoms with E-state index in [0.29, 0.717) is 35.2 Å². The van der Waals surface area contributed by atoms with Gasteiger partial charge in [-0.2, -0.15) is 0 Å². The van der Waals surface area contributed by atoms with Gasteiger partial charge in [-0.25, -0.2) is 4.79 Å². The van der Waals surface area contributed by atoms with E-state index in [2.05, 4.69) is 10.6 Å². The highest BCUT2D eigenvalue weighted by atomic mass is 16.5. The predicted octanol–water partition coefficient (Wildman–Crippen LogP) is 2.94. The zero-order valence-electron chi connectivity index (χ0n) is 14.5. The van der Waals surface area contributed by atoms with Gasteiger partial charge in [-0.1, -0.05) is 12.1 Å². The Hall–Kier alpha value is -3.61. The predicted molar refractivity (Wildman–Crippen MR) is 100 cm³/mol. The molecule has 0 bridgehead atoms. The number of carbonyl (C=O) groups is 2. The van der Waals surface area contributed by atoms with Gasteiger partial charge in [-0.3, -0.25) is 9.59 Å². The molecule has 0 aliphatic carbocycles. The van der Waals surface area contributed by atoms with Crippen molar-refractivity contribution < 1.29 is 18.7 Å². The summed E-state index contributed by atoms with van der Waals surface area (Å²) in [6, 6.07) is 11.8. The fourth-order valence-electron chi connectivity index (χ4n) is 3.10. The number of methoxy groups -OCH3 is 1. The van der Waals surface area contributed by atoms with Gasteiger partial charge in [0.15, 0.2) is 11.3 Å². The molecule has 0 saturated heterocycles. The molecule has 7 nitrogen and oxygen atoms in total. The molecule has 2 aromatic carbocycles. The third-order valence-electron chi connectivity index (χ3n) is 4.45. The average Bonchev–Trinajstić information content (AvgIpc) is 2.67. The van der Waals surface area contributed by atoms with Crippen LogP contribution < -0.4 is 21.0 Å². The monoisotopic (exact) mass is 364 g/mol. The van der Waals surface area contributed by atoms with Crippen molar-refractivity contribution in [3.63, 3.8) is 0 Å². The molecule has 2 heterocycles. The van der Waals surface area contributed by atoms with E-state index in [1.54, 1.807) is 36.4 Å². The Morgan fingerprint density at radius 2 is 2.00 bits per heavy atom. The molecule has 27 heavy (non-hydrogen) atoms. The molecule has 0 spiro atoms. The third-order valence-corrected chi connectivity index (χ3v) is 4.45. The van der Waals surface area contributed by atoms with Crippen LogP contribution in [0.15, 0.2) is 51.7 Å². The minimum Gasteiger partial charge on any atom is -0.493 e. The summed E-state index contributed by atoms with van der Waals surface area (Å²) in [4.78, 5) is 36.3. The highest BCUT2D eigenvalue weighted by Gasteiger charge is 2.18. The fourth-order valence-corrected chi connectivity index (χ4v) is 3.10. The first kappa shape index (κ1) is 16.8. The van der Waals surface area contributed by atoms with Crippen LogP contribution in [0, 0.1) is 0 Å². The average molecular weight is 364 g/mol. The van der Waals surface area contributed by atoms with Gasteiger partial charge in [0, 0.05) is 23.2 Å². The van der Waals surface area contributed by atoms with E-state index < -0.39 is 11.5 Å². The maximum absolute atomic E-state index is 12.6. The van der Waals surface area contributed by atoms with Gasteiger partial charge in [0.2, 0.25) is 5.91 Å². The van der Waals surface area contributed by atoms with Crippen molar-refractivity contribution in [3.8, 4) is 5.75 Å². The van der Waals surface area contributed by atoms with Crippen molar-refractivity contribution in [1.29, 1.82) is 0 Å². The Morgan fingerprint density at radius 3 is 2.81 bits per heavy atom. The van der Waals surface area contributed by atoms with Gasteiger partial charge < -0.3 is 19.8 Å². The minimum atomic E-state index is -0.741. The lowest BCUT2D eigenvalue weighted by Crippen LogP contribution is -2.22. The number of aryl methyl sites for hydroxylation is 1. The third kappa shape index (κ3) is 3.15. The quantitative estimate of drug-likeness (QED) is 0.697. The largest absolute Gasteiger partial charge is 0.493 e. The van der Waals surface area contributed by atoms with Crippen LogP contribution in [-0.4, -0.2) is 18.9 Å². The minimum absolute atomic E-state index is 0.0246. The van der Waals surface area contributed by atoms with E-state index in [1.807, 2.05) is 0 Å². The van der Waals surface area contributed by atoms with Crippen molar-refractivity contribution in [3.05, 3.63) is 64.0 Å². The molecule has 136 valence electrons. The summed E-state index contributed by atoms with van der Waals surface area (Å²) in [5.41, 5.74) is 1.67. The van der Waals surface area contributed by atoms with Crippen LogP contribution in [0.2, 0.25) is 0 Å². The highest BCUT2D eigenvalue weighted by molar-refractivity contribution is 6.06. The zero-order chi connectivity index (χ0) is 19.0. The van der Waals surface area contributed by atoms with Gasteiger partial charge in [0.1, 0.15) is 5.56 Å². The zero-order valence-corrected chi connectivity index (χ0v) is 14.5. The number of anilines is 2. The van der Waals surface area contributed by atoms with Crippen LogP contribution in [-0.2, 0) is 11.2 Å². The number of hydrogen-bond donors (Lipinski definition) is 2. The molecule has 4 rings (SSSR count). The molecule has 2 amide bonds. The molecule has 3 aromatic rings. The second-order valence-corrected chi connectivity index (χ2v) is 6.20. The number of amides is 2. The van der Waals surface area contributed by atoms with Gasteiger partial charge in [0.05, 0.1) is 7.11 Å². The number of para-hydroxylation sites is 1. The maximum atomic E-state index is 12.6. The second kappa shape index (κ2) is 6.60. The summed E-state index contributed by atoms with van der Waals surface area (Å²) in [6.45, 7) is 0. The lowest BCUT2D eigenvalue weighted by Gasteiger charge is -2.17. The standard InChI is InChI=1S/C20H16N2O5/c1-26-16-4-2-3-12-10-14(20(25)27-18(12)16)19(24)21-13-6-7-15-11(9-13)5-8-17(23)22-15/h2-4,6-7,9-10H,5,8H2,1H3,(H,21,24)(H,22,23). The first-order chi connectivity index (χ1) is 13.0. The van der Waals surface area contributed by atoms with Crippen LogP contribution in [0.1, 0.15) is 22.3 Å². The molecule has 0 unspecified atom stereocenters. The fraction of sp³-hybridized carbons (Fsp3) is 0.150. The number of fused-ring (bicyclic) bond motifs is 2. The Labute approximate surface area is 153 Å². The highest BCUT2D eigenvalue weighted by Crippen LogP contribution is 2.27. The van der Waals surface area contributed by atoms with E-state index >= 15 is 0 Å². The number of nitrogens with one attached hydrogen (secondary N) is 2. The lowest BCUT2D eigenvalue weighted by molar-refractivity contribution is -0.116. The Kier molecular flexibility index (Phi) is 4.12. The molecule has 0 saturated carbocycles. The van der Waals surface area contributed by atoms with Gasteiger partial charge >= 0.3 is 5.63 Å². The Bertz CT molecular complexity index is 1130. The summed E-state index contributed by atoms with van der Waals surface area (Å²) < 4.78 is 10.5. The molecule has 0 atom stereocenters. The molecule has 2 N–H and O–H groups in total. The normalized spacial score (nSPS) is 13.0. The molecule has 1 aliphatic rings. The molecular weight excluding hydrogens is 348 g/mol. The van der Waals surface area contributed by atoms with E-state index in [1.165, 1.54) is 13.2 Å². The summed E-state index contributed by atoms with van der Waals surface area (Å²) in [7, 11) is 1.48. The number of ether oxygens (including phenoxy) is 1. The number of rotatable bonds is 3. The van der Waals surface area contributed by atoms with E-state index in [-0.39, 0.29) is 11.5 Å².